The predicted octanol–water partition coefficient (Wildman–Crippen LogP) is 4.22. The van der Waals surface area contributed by atoms with Crippen molar-refractivity contribution in [2.45, 2.75) is 54.7 Å². The molecule has 1 aliphatic heterocycles. The number of carbonyl (C=O) groups is 2. The average molecular weight is 492 g/mol. The number of hydrogen-bond donors (Lipinski definition) is 1. The van der Waals surface area contributed by atoms with Crippen LogP contribution in [0.1, 0.15) is 55.7 Å². The van der Waals surface area contributed by atoms with E-state index in [1.54, 1.807) is 18.3 Å². The van der Waals surface area contributed by atoms with Crippen LogP contribution >= 0.6 is 22.9 Å². The van der Waals surface area contributed by atoms with Gasteiger partial charge in [-0.25, -0.2) is 13.4 Å². The number of anilines is 1. The van der Waals surface area contributed by atoms with Gasteiger partial charge in [0.25, 0.3) is 0 Å². The van der Waals surface area contributed by atoms with Gasteiger partial charge in [0.15, 0.2) is 15.0 Å². The van der Waals surface area contributed by atoms with Crippen LogP contribution in [-0.2, 0) is 19.4 Å². The van der Waals surface area contributed by atoms with Gasteiger partial charge < -0.3 is 5.32 Å². The molecule has 1 aromatic heterocycles. The molecular formula is C22H22ClN3O4S2. The fourth-order valence-electron chi connectivity index (χ4n) is 4.66. The molecule has 0 spiro atoms. The molecule has 1 aromatic carbocycles. The smallest absolute Gasteiger partial charge is 0.231 e. The number of aromatic nitrogens is 1. The van der Waals surface area contributed by atoms with Crippen LogP contribution in [0.5, 0.6) is 0 Å². The van der Waals surface area contributed by atoms with Crippen LogP contribution in [-0.4, -0.2) is 36.6 Å². The molecule has 2 aliphatic carbocycles. The summed E-state index contributed by atoms with van der Waals surface area (Å²) in [5.41, 5.74) is 1.33. The SMILES string of the molecule is O=C1CC[C@H](C[C@H](C(=O)Nc2ncc(Cl)s2)C2N=Cc3c2cccc3S(=O)(=O)C2CC2)C1. The maximum Gasteiger partial charge on any atom is 0.231 e. The number of benzene rings is 1. The van der Waals surface area contributed by atoms with E-state index in [2.05, 4.69) is 15.3 Å². The predicted molar refractivity (Wildman–Crippen MR) is 123 cm³/mol. The van der Waals surface area contributed by atoms with Gasteiger partial charge in [-0.3, -0.25) is 14.6 Å². The molecule has 1 N–H and O–H groups in total. The van der Waals surface area contributed by atoms with E-state index in [1.165, 1.54) is 17.5 Å². The van der Waals surface area contributed by atoms with Gasteiger partial charge in [-0.15, -0.1) is 0 Å². The number of ketones is 1. The number of sulfone groups is 1. The number of aliphatic imine (C=N–C) groups is 1. The van der Waals surface area contributed by atoms with Crippen molar-refractivity contribution < 1.29 is 18.0 Å². The molecule has 2 heterocycles. The van der Waals surface area contributed by atoms with E-state index >= 15 is 0 Å². The number of halogens is 1. The Morgan fingerprint density at radius 1 is 1.28 bits per heavy atom. The van der Waals surface area contributed by atoms with Crippen LogP contribution in [0.25, 0.3) is 0 Å². The first-order valence-electron chi connectivity index (χ1n) is 10.7. The summed E-state index contributed by atoms with van der Waals surface area (Å²) < 4.78 is 26.3. The summed E-state index contributed by atoms with van der Waals surface area (Å²) in [5, 5.41) is 2.92. The molecular weight excluding hydrogens is 470 g/mol. The number of thiazole rings is 1. The van der Waals surface area contributed by atoms with Crippen molar-refractivity contribution in [1.82, 2.24) is 4.98 Å². The van der Waals surface area contributed by atoms with Gasteiger partial charge in [0.1, 0.15) is 10.1 Å². The van der Waals surface area contributed by atoms with Gasteiger partial charge in [0.2, 0.25) is 5.91 Å². The summed E-state index contributed by atoms with van der Waals surface area (Å²) in [6.45, 7) is 0. The van der Waals surface area contributed by atoms with Crippen molar-refractivity contribution in [3.8, 4) is 0 Å². The van der Waals surface area contributed by atoms with Gasteiger partial charge >= 0.3 is 0 Å². The van der Waals surface area contributed by atoms with Crippen LogP contribution in [0.15, 0.2) is 34.3 Å². The highest BCUT2D eigenvalue weighted by atomic mass is 35.5. The first kappa shape index (κ1) is 21.7. The van der Waals surface area contributed by atoms with Crippen LogP contribution in [0, 0.1) is 11.8 Å². The van der Waals surface area contributed by atoms with E-state index in [-0.39, 0.29) is 22.9 Å². The van der Waals surface area contributed by atoms with E-state index in [1.807, 2.05) is 6.07 Å². The number of rotatable bonds is 7. The molecule has 1 unspecified atom stereocenters. The number of hydrogen-bond acceptors (Lipinski definition) is 7. The summed E-state index contributed by atoms with van der Waals surface area (Å²) in [6, 6.07) is 4.69. The maximum absolute atomic E-state index is 13.3. The van der Waals surface area contributed by atoms with E-state index in [9.17, 15) is 18.0 Å². The summed E-state index contributed by atoms with van der Waals surface area (Å²) in [7, 11) is -3.40. The molecule has 1 amide bonds. The van der Waals surface area contributed by atoms with Gasteiger partial charge in [-0.2, -0.15) is 0 Å². The zero-order chi connectivity index (χ0) is 22.5. The second kappa shape index (κ2) is 8.35. The van der Waals surface area contributed by atoms with Crippen LogP contribution in [0.2, 0.25) is 4.34 Å². The third-order valence-corrected chi connectivity index (χ3v) is 9.76. The lowest BCUT2D eigenvalue weighted by Crippen LogP contribution is -2.29. The van der Waals surface area contributed by atoms with Crippen molar-refractivity contribution in [2.24, 2.45) is 16.8 Å². The highest BCUT2D eigenvalue weighted by Gasteiger charge is 2.41. The molecule has 168 valence electrons. The molecule has 7 nitrogen and oxygen atoms in total. The number of amides is 1. The summed E-state index contributed by atoms with van der Waals surface area (Å²) in [4.78, 5) is 34.2. The average Bonchev–Trinajstić information content (AvgIpc) is 3.24. The van der Waals surface area contributed by atoms with Gasteiger partial charge in [0, 0.05) is 24.6 Å². The topological polar surface area (TPSA) is 106 Å². The Bertz CT molecular complexity index is 1220. The van der Waals surface area contributed by atoms with Crippen molar-refractivity contribution >= 4 is 55.8 Å². The largest absolute Gasteiger partial charge is 0.302 e. The fraction of sp³-hybridized carbons (Fsp3) is 0.455. The van der Waals surface area contributed by atoms with Gasteiger partial charge in [0.05, 0.1) is 28.3 Å². The zero-order valence-corrected chi connectivity index (χ0v) is 19.5. The minimum Gasteiger partial charge on any atom is -0.302 e. The van der Waals surface area contributed by atoms with E-state index < -0.39 is 21.8 Å². The highest BCUT2D eigenvalue weighted by molar-refractivity contribution is 7.92. The van der Waals surface area contributed by atoms with Crippen molar-refractivity contribution in [3.05, 3.63) is 39.9 Å². The van der Waals surface area contributed by atoms with Crippen molar-refractivity contribution in [2.75, 3.05) is 5.32 Å². The Kier molecular flexibility index (Phi) is 5.67. The Labute approximate surface area is 195 Å². The number of carbonyl (C=O) groups excluding carboxylic acids is 2. The lowest BCUT2D eigenvalue weighted by atomic mass is 9.84. The molecule has 3 atom stereocenters. The van der Waals surface area contributed by atoms with E-state index in [0.717, 1.165) is 12.0 Å². The minimum atomic E-state index is -3.40. The quantitative estimate of drug-likeness (QED) is 0.624. The third-order valence-electron chi connectivity index (χ3n) is 6.41. The summed E-state index contributed by atoms with van der Waals surface area (Å²) in [5.74, 6) is -0.476. The molecule has 0 bridgehead atoms. The number of nitrogens with zero attached hydrogens (tertiary/aromatic N) is 2. The number of Topliss-reactive ketones (excluding diaryl/α,β-unsaturated/α-hetero) is 1. The molecule has 10 heteroatoms. The monoisotopic (exact) mass is 491 g/mol. The second-order valence-electron chi connectivity index (χ2n) is 8.67. The first-order valence-corrected chi connectivity index (χ1v) is 13.4. The normalized spacial score (nSPS) is 23.3. The van der Waals surface area contributed by atoms with Crippen LogP contribution in [0.3, 0.4) is 0 Å². The first-order chi connectivity index (χ1) is 15.3. The van der Waals surface area contributed by atoms with E-state index in [0.29, 0.717) is 52.0 Å². The molecule has 5 rings (SSSR count). The minimum absolute atomic E-state index is 0.107. The molecule has 2 saturated carbocycles. The Morgan fingerprint density at radius 3 is 2.75 bits per heavy atom. The zero-order valence-electron chi connectivity index (χ0n) is 17.2. The van der Waals surface area contributed by atoms with Crippen molar-refractivity contribution in [3.63, 3.8) is 0 Å². The lowest BCUT2D eigenvalue weighted by Gasteiger charge is -2.24. The second-order valence-corrected chi connectivity index (χ2v) is 12.5. The van der Waals surface area contributed by atoms with Crippen molar-refractivity contribution in [1.29, 1.82) is 0 Å². The highest BCUT2D eigenvalue weighted by Crippen LogP contribution is 2.43. The molecule has 32 heavy (non-hydrogen) atoms. The molecule has 2 aromatic rings. The maximum atomic E-state index is 13.3. The summed E-state index contributed by atoms with van der Waals surface area (Å²) >= 11 is 7.12. The Morgan fingerprint density at radius 2 is 2.09 bits per heavy atom. The van der Waals surface area contributed by atoms with Gasteiger partial charge in [-0.05, 0) is 43.2 Å². The molecule has 2 fully saturated rings. The third kappa shape index (κ3) is 4.13. The molecule has 3 aliphatic rings. The Hall–Kier alpha value is -2.10. The Balaban J connectivity index is 1.47. The van der Waals surface area contributed by atoms with E-state index in [4.69, 9.17) is 11.6 Å². The molecule has 0 saturated heterocycles. The standard InChI is InChI=1S/C22H22ClN3O4S2/c23-19-11-25-22(31-19)26-21(28)16(9-12-4-5-13(27)8-12)20-15-2-1-3-18(17(15)10-24-20)32(29,30)14-6-7-14/h1-3,10-12,14,16,20H,4-9H2,(H,25,26,28)/t12-,16-,20?/m0/s1. The fourth-order valence-corrected chi connectivity index (χ4v) is 7.34. The number of fused-ring (bicyclic) bond motifs is 1. The lowest BCUT2D eigenvalue weighted by molar-refractivity contribution is -0.121. The number of nitrogens with one attached hydrogen (secondary N) is 1. The van der Waals surface area contributed by atoms with Crippen LogP contribution in [0.4, 0.5) is 5.13 Å². The van der Waals surface area contributed by atoms with Crippen LogP contribution < -0.4 is 5.32 Å². The van der Waals surface area contributed by atoms with Gasteiger partial charge in [-0.1, -0.05) is 35.1 Å². The molecule has 0 radical (unpaired) electrons. The summed E-state index contributed by atoms with van der Waals surface area (Å²) in [6.07, 6.45) is 6.69.